The highest BCUT2D eigenvalue weighted by atomic mass is 15.4. The van der Waals surface area contributed by atoms with Crippen molar-refractivity contribution < 1.29 is 0 Å². The Morgan fingerprint density at radius 2 is 2.07 bits per heavy atom. The second-order valence-electron chi connectivity index (χ2n) is 3.77. The van der Waals surface area contributed by atoms with Crippen molar-refractivity contribution in [2.45, 2.75) is 26.7 Å². The van der Waals surface area contributed by atoms with Crippen LogP contribution in [0.25, 0.3) is 5.82 Å². The number of aryl methyl sites for hydroxylation is 1. The summed E-state index contributed by atoms with van der Waals surface area (Å²) in [6.45, 7) is 6.10. The highest BCUT2D eigenvalue weighted by molar-refractivity contribution is 5.21. The molecule has 0 radical (unpaired) electrons. The van der Waals surface area contributed by atoms with Crippen LogP contribution in [0, 0.1) is 6.92 Å². The SMILES string of the molecule is Cc1nc(C(C)C)nn1-c1ccccn1. The summed E-state index contributed by atoms with van der Waals surface area (Å²) in [6.07, 6.45) is 1.76. The topological polar surface area (TPSA) is 43.6 Å². The van der Waals surface area contributed by atoms with Gasteiger partial charge in [-0.25, -0.2) is 9.97 Å². The molecule has 2 heterocycles. The van der Waals surface area contributed by atoms with Crippen molar-refractivity contribution in [1.82, 2.24) is 19.7 Å². The minimum atomic E-state index is 0.341. The van der Waals surface area contributed by atoms with Crippen molar-refractivity contribution >= 4 is 0 Å². The Labute approximate surface area is 89.0 Å². The maximum atomic E-state index is 4.42. The molecule has 0 fully saturated rings. The first kappa shape index (κ1) is 9.83. The number of hydrogen-bond donors (Lipinski definition) is 0. The van der Waals surface area contributed by atoms with Crippen LogP contribution in [0.3, 0.4) is 0 Å². The van der Waals surface area contributed by atoms with Gasteiger partial charge in [-0.1, -0.05) is 19.9 Å². The molecule has 0 aliphatic carbocycles. The zero-order valence-corrected chi connectivity index (χ0v) is 9.18. The van der Waals surface area contributed by atoms with E-state index in [0.717, 1.165) is 17.5 Å². The molecule has 4 heteroatoms. The lowest BCUT2D eigenvalue weighted by Gasteiger charge is -2.00. The van der Waals surface area contributed by atoms with Crippen molar-refractivity contribution in [3.8, 4) is 5.82 Å². The van der Waals surface area contributed by atoms with Crippen LogP contribution in [0.4, 0.5) is 0 Å². The molecular weight excluding hydrogens is 188 g/mol. The monoisotopic (exact) mass is 202 g/mol. The Morgan fingerprint density at radius 1 is 1.27 bits per heavy atom. The average Bonchev–Trinajstić information content (AvgIpc) is 2.62. The van der Waals surface area contributed by atoms with Gasteiger partial charge >= 0.3 is 0 Å². The third kappa shape index (κ3) is 1.88. The minimum absolute atomic E-state index is 0.341. The fraction of sp³-hybridized carbons (Fsp3) is 0.364. The Balaban J connectivity index is 2.45. The number of aromatic nitrogens is 4. The maximum Gasteiger partial charge on any atom is 0.155 e. The standard InChI is InChI=1S/C11H14N4/c1-8(2)11-13-9(3)15(14-11)10-6-4-5-7-12-10/h4-8H,1-3H3. The second kappa shape index (κ2) is 3.81. The van der Waals surface area contributed by atoms with Gasteiger partial charge in [-0.3, -0.25) is 0 Å². The number of pyridine rings is 1. The first-order chi connectivity index (χ1) is 7.18. The van der Waals surface area contributed by atoms with Crippen LogP contribution >= 0.6 is 0 Å². The van der Waals surface area contributed by atoms with Gasteiger partial charge in [0.2, 0.25) is 0 Å². The predicted octanol–water partition coefficient (Wildman–Crippen LogP) is 2.09. The van der Waals surface area contributed by atoms with Crippen molar-refractivity contribution in [1.29, 1.82) is 0 Å². The van der Waals surface area contributed by atoms with E-state index in [-0.39, 0.29) is 0 Å². The van der Waals surface area contributed by atoms with Gasteiger partial charge in [-0.15, -0.1) is 5.10 Å². The summed E-state index contributed by atoms with van der Waals surface area (Å²) in [4.78, 5) is 8.64. The molecule has 0 aromatic carbocycles. The molecule has 0 aliphatic heterocycles. The van der Waals surface area contributed by atoms with Crippen LogP contribution in [0.1, 0.15) is 31.4 Å². The molecule has 0 spiro atoms. The lowest BCUT2D eigenvalue weighted by molar-refractivity contribution is 0.742. The van der Waals surface area contributed by atoms with Gasteiger partial charge in [0.1, 0.15) is 5.82 Å². The van der Waals surface area contributed by atoms with Crippen LogP contribution in [-0.4, -0.2) is 19.7 Å². The number of rotatable bonds is 2. The molecule has 2 aromatic rings. The Morgan fingerprint density at radius 3 is 2.60 bits per heavy atom. The normalized spacial score (nSPS) is 10.9. The van der Waals surface area contributed by atoms with E-state index in [0.29, 0.717) is 5.92 Å². The van der Waals surface area contributed by atoms with E-state index in [1.54, 1.807) is 10.9 Å². The van der Waals surface area contributed by atoms with Crippen LogP contribution in [0.2, 0.25) is 0 Å². The minimum Gasteiger partial charge on any atom is -0.237 e. The highest BCUT2D eigenvalue weighted by Gasteiger charge is 2.10. The first-order valence-corrected chi connectivity index (χ1v) is 5.03. The zero-order chi connectivity index (χ0) is 10.8. The quantitative estimate of drug-likeness (QED) is 0.749. The fourth-order valence-electron chi connectivity index (χ4n) is 1.35. The van der Waals surface area contributed by atoms with Gasteiger partial charge in [-0.05, 0) is 19.1 Å². The molecule has 0 saturated heterocycles. The summed E-state index contributed by atoms with van der Waals surface area (Å²) < 4.78 is 1.77. The summed E-state index contributed by atoms with van der Waals surface area (Å²) in [5.74, 6) is 2.89. The second-order valence-corrected chi connectivity index (χ2v) is 3.77. The Hall–Kier alpha value is -1.71. The molecule has 0 atom stereocenters. The van der Waals surface area contributed by atoms with Crippen LogP contribution in [-0.2, 0) is 0 Å². The smallest absolute Gasteiger partial charge is 0.155 e. The van der Waals surface area contributed by atoms with Crippen LogP contribution in [0.5, 0.6) is 0 Å². The fourth-order valence-corrected chi connectivity index (χ4v) is 1.35. The highest BCUT2D eigenvalue weighted by Crippen LogP contribution is 2.12. The molecule has 0 aliphatic rings. The van der Waals surface area contributed by atoms with Gasteiger partial charge in [0.25, 0.3) is 0 Å². The predicted molar refractivity (Wildman–Crippen MR) is 58.0 cm³/mol. The molecule has 2 aromatic heterocycles. The molecule has 0 bridgehead atoms. The molecule has 0 saturated carbocycles. The summed E-state index contributed by atoms with van der Waals surface area (Å²) in [7, 11) is 0. The van der Waals surface area contributed by atoms with E-state index in [2.05, 4.69) is 28.9 Å². The van der Waals surface area contributed by atoms with Gasteiger partial charge in [0.15, 0.2) is 11.6 Å². The van der Waals surface area contributed by atoms with E-state index in [1.165, 1.54) is 0 Å². The average molecular weight is 202 g/mol. The van der Waals surface area contributed by atoms with Crippen molar-refractivity contribution in [2.24, 2.45) is 0 Å². The number of hydrogen-bond acceptors (Lipinski definition) is 3. The van der Waals surface area contributed by atoms with E-state index < -0.39 is 0 Å². The Kier molecular flexibility index (Phi) is 2.49. The van der Waals surface area contributed by atoms with Gasteiger partial charge in [-0.2, -0.15) is 4.68 Å². The summed E-state index contributed by atoms with van der Waals surface area (Å²) in [6, 6.07) is 5.75. The maximum absolute atomic E-state index is 4.42. The van der Waals surface area contributed by atoms with E-state index >= 15 is 0 Å². The van der Waals surface area contributed by atoms with E-state index in [9.17, 15) is 0 Å². The molecular formula is C11H14N4. The molecule has 78 valence electrons. The van der Waals surface area contributed by atoms with E-state index in [1.807, 2.05) is 25.1 Å². The largest absolute Gasteiger partial charge is 0.237 e. The van der Waals surface area contributed by atoms with Crippen LogP contribution in [0.15, 0.2) is 24.4 Å². The lowest BCUT2D eigenvalue weighted by atomic mass is 10.2. The number of nitrogens with zero attached hydrogens (tertiary/aromatic N) is 4. The van der Waals surface area contributed by atoms with Gasteiger partial charge in [0, 0.05) is 12.1 Å². The molecule has 0 unspecified atom stereocenters. The molecule has 0 N–H and O–H groups in total. The first-order valence-electron chi connectivity index (χ1n) is 5.03. The van der Waals surface area contributed by atoms with Crippen molar-refractivity contribution in [3.05, 3.63) is 36.0 Å². The molecule has 0 amide bonds. The molecule has 2 rings (SSSR count). The van der Waals surface area contributed by atoms with Crippen LogP contribution < -0.4 is 0 Å². The zero-order valence-electron chi connectivity index (χ0n) is 9.18. The van der Waals surface area contributed by atoms with Crippen molar-refractivity contribution in [3.63, 3.8) is 0 Å². The van der Waals surface area contributed by atoms with Crippen molar-refractivity contribution in [2.75, 3.05) is 0 Å². The molecule has 15 heavy (non-hydrogen) atoms. The summed E-state index contributed by atoms with van der Waals surface area (Å²) >= 11 is 0. The summed E-state index contributed by atoms with van der Waals surface area (Å²) in [5.41, 5.74) is 0. The van der Waals surface area contributed by atoms with Gasteiger partial charge < -0.3 is 0 Å². The third-order valence-corrected chi connectivity index (χ3v) is 2.17. The van der Waals surface area contributed by atoms with Gasteiger partial charge in [0.05, 0.1) is 0 Å². The Bertz CT molecular complexity index is 445. The third-order valence-electron chi connectivity index (χ3n) is 2.17. The summed E-state index contributed by atoms with van der Waals surface area (Å²) in [5, 5.41) is 4.42. The van der Waals surface area contributed by atoms with E-state index in [4.69, 9.17) is 0 Å². The lowest BCUT2D eigenvalue weighted by Crippen LogP contribution is -2.01. The molecule has 4 nitrogen and oxygen atoms in total.